The van der Waals surface area contributed by atoms with Gasteiger partial charge in [-0.05, 0) is 25.8 Å². The van der Waals surface area contributed by atoms with Crippen molar-refractivity contribution in [2.24, 2.45) is 11.7 Å². The van der Waals surface area contributed by atoms with Crippen molar-refractivity contribution in [3.63, 3.8) is 0 Å². The minimum absolute atomic E-state index is 0.0308. The van der Waals surface area contributed by atoms with Gasteiger partial charge in [0.05, 0.1) is 12.5 Å². The highest BCUT2D eigenvalue weighted by Crippen LogP contribution is 2.46. The van der Waals surface area contributed by atoms with Gasteiger partial charge in [-0.15, -0.1) is 11.8 Å². The van der Waals surface area contributed by atoms with Crippen molar-refractivity contribution >= 4 is 17.7 Å². The zero-order valence-electron chi connectivity index (χ0n) is 8.56. The molecule has 0 saturated carbocycles. The summed E-state index contributed by atoms with van der Waals surface area (Å²) < 4.78 is 0. The zero-order valence-corrected chi connectivity index (χ0v) is 9.37. The van der Waals surface area contributed by atoms with Crippen LogP contribution in [0.15, 0.2) is 11.1 Å². The molecule has 1 fully saturated rings. The molecule has 1 saturated heterocycles. The number of allylic oxidation sites excluding steroid dienone is 1. The summed E-state index contributed by atoms with van der Waals surface area (Å²) in [5.41, 5.74) is 5.42. The number of hydrogen-bond donors (Lipinski definition) is 2. The van der Waals surface area contributed by atoms with Crippen LogP contribution in [-0.2, 0) is 4.79 Å². The molecule has 2 aliphatic rings. The van der Waals surface area contributed by atoms with Crippen LogP contribution in [0.3, 0.4) is 0 Å². The topological polar surface area (TPSA) is 66.6 Å². The van der Waals surface area contributed by atoms with Crippen LogP contribution < -0.4 is 5.73 Å². The van der Waals surface area contributed by atoms with E-state index in [2.05, 4.69) is 0 Å². The van der Waals surface area contributed by atoms with E-state index in [-0.39, 0.29) is 23.8 Å². The second-order valence-electron chi connectivity index (χ2n) is 3.88. The number of aliphatic hydroxyl groups is 1. The number of aliphatic hydroxyl groups excluding tert-OH is 1. The van der Waals surface area contributed by atoms with Gasteiger partial charge in [-0.25, -0.2) is 0 Å². The van der Waals surface area contributed by atoms with Gasteiger partial charge >= 0.3 is 0 Å². The summed E-state index contributed by atoms with van der Waals surface area (Å²) >= 11 is 1.71. The molecule has 2 aliphatic heterocycles. The third kappa shape index (κ3) is 1.91. The summed E-state index contributed by atoms with van der Waals surface area (Å²) in [5.74, 6) is -0.123. The third-order valence-corrected chi connectivity index (χ3v) is 4.23. The van der Waals surface area contributed by atoms with Gasteiger partial charge in [-0.2, -0.15) is 0 Å². The maximum atomic E-state index is 11.4. The molecule has 0 aromatic carbocycles. The Bertz CT molecular complexity index is 293. The van der Waals surface area contributed by atoms with Gasteiger partial charge in [-0.1, -0.05) is 0 Å². The monoisotopic (exact) mass is 228 g/mol. The molecule has 2 heterocycles. The predicted octanol–water partition coefficient (Wildman–Crippen LogP) is 0.480. The largest absolute Gasteiger partial charge is 0.395 e. The Morgan fingerprint density at radius 3 is 3.00 bits per heavy atom. The standard InChI is InChI=1S/C10H16N2O2S/c11-4-2-1-3-7-5-12-9(14)8(6-13)10(12)15-7/h5,8,10,13H,1-4,6,11H2/t8?,10-/m0/s1. The third-order valence-electron chi connectivity index (χ3n) is 2.82. The number of hydrogen-bond acceptors (Lipinski definition) is 4. The molecule has 1 unspecified atom stereocenters. The fourth-order valence-electron chi connectivity index (χ4n) is 1.90. The lowest BCUT2D eigenvalue weighted by Crippen LogP contribution is -2.55. The molecule has 84 valence electrons. The number of rotatable bonds is 5. The molecule has 2 rings (SSSR count). The van der Waals surface area contributed by atoms with E-state index < -0.39 is 0 Å². The number of unbranched alkanes of at least 4 members (excludes halogenated alkanes) is 1. The molecule has 2 atom stereocenters. The van der Waals surface area contributed by atoms with E-state index in [0.29, 0.717) is 0 Å². The summed E-state index contributed by atoms with van der Waals surface area (Å²) in [6.45, 7) is 0.695. The van der Waals surface area contributed by atoms with Gasteiger partial charge in [0.2, 0.25) is 5.91 Å². The fourth-order valence-corrected chi connectivity index (χ4v) is 3.29. The maximum absolute atomic E-state index is 11.4. The number of fused-ring (bicyclic) bond motifs is 1. The van der Waals surface area contributed by atoms with Crippen molar-refractivity contribution in [2.45, 2.75) is 24.6 Å². The normalized spacial score (nSPS) is 28.8. The van der Waals surface area contributed by atoms with Crippen LogP contribution >= 0.6 is 11.8 Å². The number of β-lactam (4-membered cyclic amide) rings is 1. The molecule has 3 N–H and O–H groups in total. The van der Waals surface area contributed by atoms with Crippen LogP contribution in [0.2, 0.25) is 0 Å². The highest BCUT2D eigenvalue weighted by atomic mass is 32.2. The van der Waals surface area contributed by atoms with Gasteiger partial charge in [0, 0.05) is 11.1 Å². The van der Waals surface area contributed by atoms with E-state index in [4.69, 9.17) is 10.8 Å². The van der Waals surface area contributed by atoms with Gasteiger partial charge in [0.1, 0.15) is 5.37 Å². The number of nitrogens with two attached hydrogens (primary N) is 1. The van der Waals surface area contributed by atoms with E-state index in [1.165, 1.54) is 4.91 Å². The summed E-state index contributed by atoms with van der Waals surface area (Å²) in [5, 5.41) is 9.17. The van der Waals surface area contributed by atoms with Crippen molar-refractivity contribution in [3.8, 4) is 0 Å². The van der Waals surface area contributed by atoms with Crippen LogP contribution in [0.25, 0.3) is 0 Å². The lowest BCUT2D eigenvalue weighted by molar-refractivity contribution is -0.147. The first-order chi connectivity index (χ1) is 7.27. The van der Waals surface area contributed by atoms with E-state index >= 15 is 0 Å². The molecular formula is C10H16N2O2S. The SMILES string of the molecule is NCCCCC1=CN2C(=O)C(CO)[C@@H]2S1. The maximum Gasteiger partial charge on any atom is 0.235 e. The Morgan fingerprint density at radius 2 is 2.33 bits per heavy atom. The molecule has 0 aromatic heterocycles. The Morgan fingerprint density at radius 1 is 1.53 bits per heavy atom. The highest BCUT2D eigenvalue weighted by molar-refractivity contribution is 8.04. The molecule has 0 aromatic rings. The zero-order chi connectivity index (χ0) is 10.8. The summed E-state index contributed by atoms with van der Waals surface area (Å²) in [4.78, 5) is 14.4. The average molecular weight is 228 g/mol. The van der Waals surface area contributed by atoms with E-state index in [1.54, 1.807) is 16.7 Å². The fraction of sp³-hybridized carbons (Fsp3) is 0.700. The first-order valence-electron chi connectivity index (χ1n) is 5.28. The Balaban J connectivity index is 1.84. The van der Waals surface area contributed by atoms with Crippen molar-refractivity contribution in [2.75, 3.05) is 13.2 Å². The smallest absolute Gasteiger partial charge is 0.235 e. The minimum Gasteiger partial charge on any atom is -0.395 e. The van der Waals surface area contributed by atoms with Crippen LogP contribution in [0.4, 0.5) is 0 Å². The molecule has 4 nitrogen and oxygen atoms in total. The van der Waals surface area contributed by atoms with Crippen LogP contribution in [-0.4, -0.2) is 34.4 Å². The molecule has 0 radical (unpaired) electrons. The first kappa shape index (κ1) is 11.0. The predicted molar refractivity (Wildman–Crippen MR) is 59.8 cm³/mol. The van der Waals surface area contributed by atoms with Crippen LogP contribution in [0.5, 0.6) is 0 Å². The molecule has 0 aliphatic carbocycles. The second-order valence-corrected chi connectivity index (χ2v) is 5.13. The van der Waals surface area contributed by atoms with Crippen molar-refractivity contribution in [1.29, 1.82) is 0 Å². The molecular weight excluding hydrogens is 212 g/mol. The Hall–Kier alpha value is -0.520. The number of carbonyl (C=O) groups is 1. The second kappa shape index (κ2) is 4.55. The number of carbonyl (C=O) groups excluding carboxylic acids is 1. The Labute approximate surface area is 93.5 Å². The van der Waals surface area contributed by atoms with Crippen molar-refractivity contribution < 1.29 is 9.90 Å². The van der Waals surface area contributed by atoms with E-state index in [1.807, 2.05) is 6.20 Å². The summed E-state index contributed by atoms with van der Waals surface area (Å²) in [7, 11) is 0. The molecule has 5 heteroatoms. The minimum atomic E-state index is -0.182. The highest BCUT2D eigenvalue weighted by Gasteiger charge is 2.49. The van der Waals surface area contributed by atoms with Crippen molar-refractivity contribution in [3.05, 3.63) is 11.1 Å². The number of thioether (sulfide) groups is 1. The number of amides is 1. The van der Waals surface area contributed by atoms with Crippen LogP contribution in [0, 0.1) is 5.92 Å². The lowest BCUT2D eigenvalue weighted by Gasteiger charge is -2.39. The van der Waals surface area contributed by atoms with Crippen LogP contribution in [0.1, 0.15) is 19.3 Å². The van der Waals surface area contributed by atoms with Gasteiger partial charge in [0.25, 0.3) is 0 Å². The Kier molecular flexibility index (Phi) is 3.33. The van der Waals surface area contributed by atoms with E-state index in [9.17, 15) is 4.79 Å². The molecule has 15 heavy (non-hydrogen) atoms. The van der Waals surface area contributed by atoms with E-state index in [0.717, 1.165) is 25.8 Å². The first-order valence-corrected chi connectivity index (χ1v) is 6.16. The summed E-state index contributed by atoms with van der Waals surface area (Å²) in [6, 6.07) is 0. The van der Waals surface area contributed by atoms with Gasteiger partial charge in [0.15, 0.2) is 0 Å². The molecule has 0 spiro atoms. The molecule has 0 bridgehead atoms. The summed E-state index contributed by atoms with van der Waals surface area (Å²) in [6.07, 6.45) is 5.04. The van der Waals surface area contributed by atoms with Gasteiger partial charge < -0.3 is 15.7 Å². The quantitative estimate of drug-likeness (QED) is 0.530. The lowest BCUT2D eigenvalue weighted by atomic mass is 10.0. The van der Waals surface area contributed by atoms with Crippen molar-refractivity contribution in [1.82, 2.24) is 4.90 Å². The average Bonchev–Trinajstić information content (AvgIpc) is 2.59. The molecule has 1 amide bonds. The van der Waals surface area contributed by atoms with Gasteiger partial charge in [-0.3, -0.25) is 4.79 Å². The number of nitrogens with zero attached hydrogens (tertiary/aromatic N) is 1.